The van der Waals surface area contributed by atoms with E-state index in [1.165, 1.54) is 12.8 Å². The summed E-state index contributed by atoms with van der Waals surface area (Å²) in [5.41, 5.74) is 0. The molecule has 0 aromatic rings. The lowest BCUT2D eigenvalue weighted by molar-refractivity contribution is -0.151. The molecule has 0 spiro atoms. The van der Waals surface area contributed by atoms with Crippen molar-refractivity contribution in [2.24, 2.45) is 5.92 Å². The third-order valence-corrected chi connectivity index (χ3v) is 4.44. The summed E-state index contributed by atoms with van der Waals surface area (Å²) < 4.78 is 0. The lowest BCUT2D eigenvalue weighted by atomic mass is 9.99. The van der Waals surface area contributed by atoms with Crippen LogP contribution in [0.15, 0.2) is 0 Å². The summed E-state index contributed by atoms with van der Waals surface area (Å²) in [6.45, 7) is 5.24. The Kier molecular flexibility index (Phi) is 5.98. The molecule has 0 saturated carbocycles. The summed E-state index contributed by atoms with van der Waals surface area (Å²) in [5, 5.41) is 9.02. The van der Waals surface area contributed by atoms with Gasteiger partial charge in [0.25, 0.3) is 0 Å². The first-order chi connectivity index (χ1) is 9.66. The number of aliphatic carboxylic acids is 1. The van der Waals surface area contributed by atoms with Gasteiger partial charge >= 0.3 is 5.97 Å². The lowest BCUT2D eigenvalue weighted by Crippen LogP contribution is -2.45. The van der Waals surface area contributed by atoms with Gasteiger partial charge in [-0.05, 0) is 51.9 Å². The van der Waals surface area contributed by atoms with Crippen LogP contribution in [-0.2, 0) is 9.59 Å². The van der Waals surface area contributed by atoms with E-state index in [1.54, 1.807) is 0 Å². The van der Waals surface area contributed by atoms with Gasteiger partial charge < -0.3 is 14.9 Å². The minimum atomic E-state index is -1.27. The molecule has 0 radical (unpaired) electrons. The monoisotopic (exact) mass is 282 g/mol. The van der Waals surface area contributed by atoms with Gasteiger partial charge in [-0.25, -0.2) is 4.79 Å². The van der Waals surface area contributed by atoms with Gasteiger partial charge in [-0.15, -0.1) is 0 Å². The molecule has 5 heteroatoms. The first-order valence-corrected chi connectivity index (χ1v) is 7.88. The highest BCUT2D eigenvalue weighted by molar-refractivity contribution is 6.33. The molecule has 0 aliphatic carbocycles. The molecular weight excluding hydrogens is 256 g/mol. The molecule has 114 valence electrons. The number of carboxylic acids is 1. The second-order valence-corrected chi connectivity index (χ2v) is 6.09. The van der Waals surface area contributed by atoms with Gasteiger partial charge in [0, 0.05) is 13.1 Å². The summed E-state index contributed by atoms with van der Waals surface area (Å²) in [4.78, 5) is 27.5. The molecule has 0 amide bonds. The van der Waals surface area contributed by atoms with Crippen LogP contribution in [0.2, 0.25) is 0 Å². The second kappa shape index (κ2) is 7.74. The van der Waals surface area contributed by atoms with Crippen molar-refractivity contribution < 1.29 is 14.7 Å². The Hall–Kier alpha value is -0.940. The fourth-order valence-corrected chi connectivity index (χ4v) is 3.31. The third kappa shape index (κ3) is 4.56. The maximum absolute atomic E-state index is 11.9. The van der Waals surface area contributed by atoms with E-state index in [2.05, 4.69) is 9.80 Å². The number of nitrogens with zero attached hydrogens (tertiary/aromatic N) is 2. The molecule has 2 heterocycles. The Morgan fingerprint density at radius 2 is 1.20 bits per heavy atom. The number of rotatable bonds is 6. The largest absolute Gasteiger partial charge is 0.475 e. The average Bonchev–Trinajstić information content (AvgIpc) is 2.48. The molecule has 2 rings (SSSR count). The number of carbonyl (C=O) groups excluding carboxylic acids is 1. The van der Waals surface area contributed by atoms with Crippen LogP contribution in [0.4, 0.5) is 0 Å². The smallest absolute Gasteiger partial charge is 0.372 e. The number of hydrogen-bond donors (Lipinski definition) is 1. The highest BCUT2D eigenvalue weighted by Crippen LogP contribution is 2.15. The summed E-state index contributed by atoms with van der Waals surface area (Å²) in [5.74, 6) is -2.26. The zero-order chi connectivity index (χ0) is 14.4. The molecule has 0 unspecified atom stereocenters. The van der Waals surface area contributed by atoms with Crippen molar-refractivity contribution in [2.45, 2.75) is 38.5 Å². The first-order valence-electron chi connectivity index (χ1n) is 7.88. The predicted molar refractivity (Wildman–Crippen MR) is 76.7 cm³/mol. The number of piperidine rings is 2. The van der Waals surface area contributed by atoms with Crippen LogP contribution in [-0.4, -0.2) is 65.9 Å². The Morgan fingerprint density at radius 1 is 0.800 bits per heavy atom. The van der Waals surface area contributed by atoms with Crippen LogP contribution < -0.4 is 0 Å². The highest BCUT2D eigenvalue weighted by Gasteiger charge is 2.29. The molecule has 5 nitrogen and oxygen atoms in total. The van der Waals surface area contributed by atoms with Crippen molar-refractivity contribution in [3.63, 3.8) is 0 Å². The molecule has 0 aromatic carbocycles. The normalized spacial score (nSPS) is 22.1. The van der Waals surface area contributed by atoms with Gasteiger partial charge in [0.15, 0.2) is 0 Å². The Bertz CT molecular complexity index is 314. The van der Waals surface area contributed by atoms with E-state index >= 15 is 0 Å². The van der Waals surface area contributed by atoms with Gasteiger partial charge in [0.2, 0.25) is 5.78 Å². The van der Waals surface area contributed by atoms with Crippen molar-refractivity contribution in [3.05, 3.63) is 0 Å². The lowest BCUT2D eigenvalue weighted by Gasteiger charge is -2.33. The number of ketones is 1. The van der Waals surface area contributed by atoms with Crippen LogP contribution in [0.25, 0.3) is 0 Å². The zero-order valence-electron chi connectivity index (χ0n) is 12.2. The minimum Gasteiger partial charge on any atom is -0.475 e. The van der Waals surface area contributed by atoms with Crippen LogP contribution in [0, 0.1) is 5.92 Å². The Labute approximate surface area is 120 Å². The predicted octanol–water partition coefficient (Wildman–Crippen LogP) is 1.23. The molecule has 1 N–H and O–H groups in total. The van der Waals surface area contributed by atoms with Crippen molar-refractivity contribution >= 4 is 11.8 Å². The maximum Gasteiger partial charge on any atom is 0.372 e. The number of carboxylic acid groups (broad SMARTS) is 1. The molecule has 2 aliphatic heterocycles. The number of likely N-dealkylation sites (tertiary alicyclic amines) is 2. The van der Waals surface area contributed by atoms with E-state index in [9.17, 15) is 9.59 Å². The standard InChI is InChI=1S/C15H26N2O3/c18-14(15(19)20)13(11-16-7-3-1-4-8-16)12-17-9-5-2-6-10-17/h13H,1-12H2,(H,19,20). The molecule has 0 bridgehead atoms. The van der Waals surface area contributed by atoms with E-state index in [0.717, 1.165) is 51.9 Å². The van der Waals surface area contributed by atoms with E-state index < -0.39 is 11.8 Å². The molecule has 20 heavy (non-hydrogen) atoms. The fourth-order valence-electron chi connectivity index (χ4n) is 3.31. The van der Waals surface area contributed by atoms with Gasteiger partial charge in [0.1, 0.15) is 0 Å². The van der Waals surface area contributed by atoms with E-state index in [0.29, 0.717) is 13.1 Å². The quantitative estimate of drug-likeness (QED) is 0.742. The number of carbonyl (C=O) groups is 2. The maximum atomic E-state index is 11.9. The topological polar surface area (TPSA) is 60.9 Å². The first kappa shape index (κ1) is 15.4. The SMILES string of the molecule is O=C(O)C(=O)C(CN1CCCCC1)CN1CCCCC1. The number of hydrogen-bond acceptors (Lipinski definition) is 4. The van der Waals surface area contributed by atoms with Gasteiger partial charge in [-0.1, -0.05) is 12.8 Å². The van der Waals surface area contributed by atoms with Crippen molar-refractivity contribution in [1.82, 2.24) is 9.80 Å². The van der Waals surface area contributed by atoms with Gasteiger partial charge in [-0.3, -0.25) is 4.79 Å². The van der Waals surface area contributed by atoms with Crippen molar-refractivity contribution in [1.29, 1.82) is 0 Å². The van der Waals surface area contributed by atoms with Crippen LogP contribution in [0.1, 0.15) is 38.5 Å². The van der Waals surface area contributed by atoms with Crippen LogP contribution in [0.3, 0.4) is 0 Å². The van der Waals surface area contributed by atoms with Gasteiger partial charge in [0.05, 0.1) is 5.92 Å². The summed E-state index contributed by atoms with van der Waals surface area (Å²) in [7, 11) is 0. The van der Waals surface area contributed by atoms with E-state index in [4.69, 9.17) is 5.11 Å². The van der Waals surface area contributed by atoms with Crippen molar-refractivity contribution in [2.75, 3.05) is 39.3 Å². The Morgan fingerprint density at radius 3 is 1.55 bits per heavy atom. The van der Waals surface area contributed by atoms with Crippen LogP contribution in [0.5, 0.6) is 0 Å². The summed E-state index contributed by atoms with van der Waals surface area (Å²) >= 11 is 0. The zero-order valence-corrected chi connectivity index (χ0v) is 12.2. The third-order valence-electron chi connectivity index (χ3n) is 4.44. The number of Topliss-reactive ketones (excluding diaryl/α,β-unsaturated/α-hetero) is 1. The van der Waals surface area contributed by atoms with E-state index in [1.807, 2.05) is 0 Å². The summed E-state index contributed by atoms with van der Waals surface area (Å²) in [6.07, 6.45) is 7.16. The van der Waals surface area contributed by atoms with Gasteiger partial charge in [-0.2, -0.15) is 0 Å². The molecule has 2 saturated heterocycles. The highest BCUT2D eigenvalue weighted by atomic mass is 16.4. The molecule has 2 aliphatic rings. The molecule has 0 atom stereocenters. The minimum absolute atomic E-state index is 0.372. The van der Waals surface area contributed by atoms with E-state index in [-0.39, 0.29) is 5.92 Å². The Balaban J connectivity index is 1.91. The molecular formula is C15H26N2O3. The van der Waals surface area contributed by atoms with Crippen LogP contribution >= 0.6 is 0 Å². The summed E-state index contributed by atoms with van der Waals surface area (Å²) in [6, 6.07) is 0. The molecule has 2 fully saturated rings. The second-order valence-electron chi connectivity index (χ2n) is 6.09. The average molecular weight is 282 g/mol. The van der Waals surface area contributed by atoms with Crippen molar-refractivity contribution in [3.8, 4) is 0 Å². The fraction of sp³-hybridized carbons (Fsp3) is 0.867. The molecule has 0 aromatic heterocycles.